The van der Waals surface area contributed by atoms with Gasteiger partial charge in [0.25, 0.3) is 6.02 Å². The molecule has 1 aromatic carbocycles. The number of amidine groups is 1. The van der Waals surface area contributed by atoms with E-state index < -0.39 is 0 Å². The fourth-order valence-corrected chi connectivity index (χ4v) is 5.00. The number of aliphatic hydroxyl groups excluding tert-OH is 1. The van der Waals surface area contributed by atoms with Gasteiger partial charge in [-0.05, 0) is 73.1 Å². The van der Waals surface area contributed by atoms with Gasteiger partial charge in [-0.1, -0.05) is 46.4 Å². The molecule has 1 aliphatic carbocycles. The van der Waals surface area contributed by atoms with Crippen LogP contribution in [-0.2, 0) is 15.6 Å². The van der Waals surface area contributed by atoms with Gasteiger partial charge >= 0.3 is 0 Å². The highest BCUT2D eigenvalue weighted by Crippen LogP contribution is 2.46. The van der Waals surface area contributed by atoms with Crippen molar-refractivity contribution in [1.29, 1.82) is 0 Å². The first-order valence-corrected chi connectivity index (χ1v) is 12.3. The van der Waals surface area contributed by atoms with Crippen molar-refractivity contribution in [2.24, 2.45) is 4.99 Å². The zero-order valence-electron chi connectivity index (χ0n) is 20.8. The number of unbranched alkanes of at least 4 members (excludes halogenated alkanes) is 1. The first-order chi connectivity index (χ1) is 15.2. The number of piperidine rings is 1. The highest BCUT2D eigenvalue weighted by atomic mass is 16.5. The lowest BCUT2D eigenvalue weighted by atomic mass is 9.63. The second-order valence-electron chi connectivity index (χ2n) is 10.7. The quantitative estimate of drug-likeness (QED) is 0.275. The summed E-state index contributed by atoms with van der Waals surface area (Å²) < 4.78 is 6.22. The largest absolute Gasteiger partial charge is 0.426 e. The number of rotatable bonds is 7. The third kappa shape index (κ3) is 5.74. The molecule has 1 saturated heterocycles. The molecule has 1 aromatic rings. The molecule has 0 amide bonds. The van der Waals surface area contributed by atoms with Gasteiger partial charge in [0.2, 0.25) is 0 Å². The molecule has 5 heteroatoms. The average molecular weight is 442 g/mol. The predicted molar refractivity (Wildman–Crippen MR) is 134 cm³/mol. The van der Waals surface area contributed by atoms with Crippen molar-refractivity contribution in [2.45, 2.75) is 83.1 Å². The lowest BCUT2D eigenvalue weighted by Gasteiger charge is -2.42. The maximum atomic E-state index is 8.92. The molecule has 178 valence electrons. The van der Waals surface area contributed by atoms with Crippen LogP contribution in [0.25, 0.3) is 5.76 Å². The van der Waals surface area contributed by atoms with Gasteiger partial charge in [-0.25, -0.2) is 4.99 Å². The lowest BCUT2D eigenvalue weighted by molar-refractivity contribution is 0.240. The van der Waals surface area contributed by atoms with E-state index >= 15 is 0 Å². The van der Waals surface area contributed by atoms with Crippen molar-refractivity contribution in [2.75, 3.05) is 33.3 Å². The maximum absolute atomic E-state index is 8.92. The molecule has 0 radical (unpaired) electrons. The minimum atomic E-state index is 0.162. The van der Waals surface area contributed by atoms with Crippen LogP contribution < -0.4 is 5.32 Å². The Morgan fingerprint density at radius 3 is 2.41 bits per heavy atom. The Hall–Kier alpha value is -1.85. The van der Waals surface area contributed by atoms with Crippen LogP contribution >= 0.6 is 0 Å². The normalized spacial score (nSPS) is 20.7. The molecule has 0 atom stereocenters. The van der Waals surface area contributed by atoms with Crippen LogP contribution in [0.3, 0.4) is 0 Å². The van der Waals surface area contributed by atoms with E-state index in [1.165, 1.54) is 24.0 Å². The summed E-state index contributed by atoms with van der Waals surface area (Å²) in [6.07, 6.45) is 6.42. The molecule has 2 aliphatic rings. The summed E-state index contributed by atoms with van der Waals surface area (Å²) in [4.78, 5) is 6.66. The molecule has 0 unspecified atom stereocenters. The Morgan fingerprint density at radius 1 is 1.12 bits per heavy atom. The average Bonchev–Trinajstić information content (AvgIpc) is 2.78. The highest BCUT2D eigenvalue weighted by molar-refractivity contribution is 5.80. The third-order valence-electron chi connectivity index (χ3n) is 7.36. The molecule has 0 saturated carbocycles. The van der Waals surface area contributed by atoms with Crippen molar-refractivity contribution in [1.82, 2.24) is 10.2 Å². The Balaban J connectivity index is 1.62. The van der Waals surface area contributed by atoms with Gasteiger partial charge in [-0.2, -0.15) is 0 Å². The Labute approximate surface area is 195 Å². The van der Waals surface area contributed by atoms with Crippen molar-refractivity contribution in [3.63, 3.8) is 0 Å². The molecule has 0 bridgehead atoms. The molecule has 1 aliphatic heterocycles. The maximum Gasteiger partial charge on any atom is 0.292 e. The number of hydrogen-bond donors (Lipinski definition) is 2. The molecular formula is C27H43N3O2. The molecule has 1 fully saturated rings. The molecule has 3 rings (SSSR count). The van der Waals surface area contributed by atoms with Crippen LogP contribution in [0.4, 0.5) is 0 Å². The fraction of sp³-hybridized carbons (Fsp3) is 0.667. The zero-order chi connectivity index (χ0) is 23.4. The summed E-state index contributed by atoms with van der Waals surface area (Å²) in [6, 6.07) is 7.90. The first kappa shape index (κ1) is 24.8. The SMILES string of the molecule is C=C(OC(=NC)N1CCC(NCCCCO)CC1)c1ccc2c(c1)C(C)(C)CCC2(C)C. The fourth-order valence-electron chi connectivity index (χ4n) is 5.00. The van der Waals surface area contributed by atoms with Crippen LogP contribution in [0.2, 0.25) is 0 Å². The number of nitrogens with zero attached hydrogens (tertiary/aromatic N) is 2. The van der Waals surface area contributed by atoms with E-state index in [2.05, 4.69) is 67.7 Å². The summed E-state index contributed by atoms with van der Waals surface area (Å²) in [7, 11) is 1.79. The summed E-state index contributed by atoms with van der Waals surface area (Å²) in [5.41, 5.74) is 4.27. The molecule has 0 aromatic heterocycles. The van der Waals surface area contributed by atoms with Gasteiger partial charge in [0.1, 0.15) is 5.76 Å². The zero-order valence-corrected chi connectivity index (χ0v) is 20.8. The minimum absolute atomic E-state index is 0.162. The molecule has 1 heterocycles. The van der Waals surface area contributed by atoms with Gasteiger partial charge in [0.15, 0.2) is 0 Å². The summed E-state index contributed by atoms with van der Waals surface area (Å²) in [5.74, 6) is 0.664. The molecule has 2 N–H and O–H groups in total. The number of fused-ring (bicyclic) bond motifs is 1. The standard InChI is InChI=1S/C27H43N3O2/c1-20(21-9-10-23-24(19-21)27(4,5)14-13-26(23,2)3)32-25(28-6)30-16-11-22(12-17-30)29-15-7-8-18-31/h9-10,19,22,29,31H,1,7-8,11-18H2,2-6H3. The van der Waals surface area contributed by atoms with Crippen molar-refractivity contribution < 1.29 is 9.84 Å². The van der Waals surface area contributed by atoms with Gasteiger partial charge in [0.05, 0.1) is 0 Å². The predicted octanol–water partition coefficient (Wildman–Crippen LogP) is 4.84. The van der Waals surface area contributed by atoms with E-state index in [-0.39, 0.29) is 17.4 Å². The van der Waals surface area contributed by atoms with Gasteiger partial charge in [-0.15, -0.1) is 0 Å². The number of ether oxygens (including phenoxy) is 1. The molecule has 0 spiro atoms. The van der Waals surface area contributed by atoms with Crippen molar-refractivity contribution in [3.05, 3.63) is 41.5 Å². The number of aliphatic imine (C=N–C) groups is 1. The van der Waals surface area contributed by atoms with Crippen LogP contribution in [0.5, 0.6) is 0 Å². The number of benzene rings is 1. The first-order valence-electron chi connectivity index (χ1n) is 12.3. The second kappa shape index (κ2) is 10.4. The van der Waals surface area contributed by atoms with E-state index in [0.717, 1.165) is 50.9 Å². The van der Waals surface area contributed by atoms with Gasteiger partial charge in [-0.3, -0.25) is 0 Å². The van der Waals surface area contributed by atoms with Crippen molar-refractivity contribution in [3.8, 4) is 0 Å². The monoisotopic (exact) mass is 441 g/mol. The van der Waals surface area contributed by atoms with E-state index in [0.29, 0.717) is 17.8 Å². The summed E-state index contributed by atoms with van der Waals surface area (Å²) in [5, 5.41) is 12.5. The third-order valence-corrected chi connectivity index (χ3v) is 7.36. The number of nitrogens with one attached hydrogen (secondary N) is 1. The van der Waals surface area contributed by atoms with E-state index in [1.54, 1.807) is 7.05 Å². The molecule has 32 heavy (non-hydrogen) atoms. The summed E-state index contributed by atoms with van der Waals surface area (Å²) >= 11 is 0. The summed E-state index contributed by atoms with van der Waals surface area (Å²) in [6.45, 7) is 16.7. The number of hydrogen-bond acceptors (Lipinski definition) is 4. The van der Waals surface area contributed by atoms with Gasteiger partial charge < -0.3 is 20.1 Å². The lowest BCUT2D eigenvalue weighted by Crippen LogP contribution is -2.45. The second-order valence-corrected chi connectivity index (χ2v) is 10.7. The smallest absolute Gasteiger partial charge is 0.292 e. The minimum Gasteiger partial charge on any atom is -0.426 e. The Bertz CT molecular complexity index is 820. The molecular weight excluding hydrogens is 398 g/mol. The number of aliphatic hydroxyl groups is 1. The van der Waals surface area contributed by atoms with Crippen LogP contribution in [0, 0.1) is 0 Å². The van der Waals surface area contributed by atoms with Crippen LogP contribution in [0.1, 0.15) is 82.9 Å². The van der Waals surface area contributed by atoms with Crippen LogP contribution in [-0.4, -0.2) is 55.4 Å². The van der Waals surface area contributed by atoms with Gasteiger partial charge in [0, 0.05) is 38.3 Å². The Kier molecular flexibility index (Phi) is 8.05. The Morgan fingerprint density at radius 2 is 1.78 bits per heavy atom. The van der Waals surface area contributed by atoms with E-state index in [1.807, 2.05) is 0 Å². The topological polar surface area (TPSA) is 57.1 Å². The van der Waals surface area contributed by atoms with Crippen molar-refractivity contribution >= 4 is 11.8 Å². The van der Waals surface area contributed by atoms with E-state index in [4.69, 9.17) is 9.84 Å². The van der Waals surface area contributed by atoms with E-state index in [9.17, 15) is 0 Å². The number of likely N-dealkylation sites (tertiary alicyclic amines) is 1. The highest BCUT2D eigenvalue weighted by Gasteiger charge is 2.37. The molecule has 5 nitrogen and oxygen atoms in total. The van der Waals surface area contributed by atoms with Crippen LogP contribution in [0.15, 0.2) is 29.8 Å².